The summed E-state index contributed by atoms with van der Waals surface area (Å²) in [6, 6.07) is 0. The van der Waals surface area contributed by atoms with Crippen molar-refractivity contribution in [1.82, 2.24) is 25.5 Å². The van der Waals surface area contributed by atoms with Gasteiger partial charge in [0.2, 0.25) is 0 Å². The predicted octanol–water partition coefficient (Wildman–Crippen LogP) is -0.113. The van der Waals surface area contributed by atoms with Gasteiger partial charge >= 0.3 is 21.1 Å². The summed E-state index contributed by atoms with van der Waals surface area (Å²) in [4.78, 5) is 1.48. The van der Waals surface area contributed by atoms with Gasteiger partial charge in [-0.05, 0) is 55.4 Å². The van der Waals surface area contributed by atoms with Crippen molar-refractivity contribution in [1.29, 1.82) is 0 Å². The molecule has 2 saturated heterocycles. The van der Waals surface area contributed by atoms with Crippen LogP contribution in [-0.4, -0.2) is 91.9 Å². The molecule has 1 aromatic heterocycles. The number of hydrogen-bond acceptors (Lipinski definition) is 11. The number of hydrazine groups is 1. The van der Waals surface area contributed by atoms with Gasteiger partial charge in [-0.15, -0.1) is 0 Å². The molecule has 0 amide bonds. The highest BCUT2D eigenvalue weighted by molar-refractivity contribution is 9.09. The number of aryl methyl sites for hydroxylation is 1. The Kier molecular flexibility index (Phi) is 9.07. The highest BCUT2D eigenvalue weighted by atomic mass is 79.9. The van der Waals surface area contributed by atoms with Gasteiger partial charge in [-0.1, -0.05) is 15.9 Å². The highest BCUT2D eigenvalue weighted by Crippen LogP contribution is 2.42. The largest absolute Gasteiger partial charge is 0.511 e. The van der Waals surface area contributed by atoms with Crippen molar-refractivity contribution in [2.75, 3.05) is 7.05 Å². The fraction of sp³-hybridized carbons (Fsp3) is 0.833. The van der Waals surface area contributed by atoms with Gasteiger partial charge in [-0.2, -0.15) is 25.5 Å². The lowest BCUT2D eigenvalue weighted by Crippen LogP contribution is -2.41. The number of rotatable bonds is 2. The topological polar surface area (TPSA) is 136 Å². The third-order valence-corrected chi connectivity index (χ3v) is 6.77. The normalized spacial score (nSPS) is 25.6. The molecule has 1 aromatic rings. The van der Waals surface area contributed by atoms with E-state index >= 15 is 0 Å². The van der Waals surface area contributed by atoms with Crippen molar-refractivity contribution < 1.29 is 28.7 Å². The Balaban J connectivity index is 0.000000211. The summed E-state index contributed by atoms with van der Waals surface area (Å²) in [5.41, 5.74) is 1.67. The number of nitrogens with one attached hydrogen (secondary N) is 1. The zero-order valence-electron chi connectivity index (χ0n) is 21.6. The highest BCUT2D eigenvalue weighted by Gasteiger charge is 2.63. The van der Waals surface area contributed by atoms with Crippen LogP contribution in [0.5, 0.6) is 0 Å². The molecule has 4 heterocycles. The lowest BCUT2D eigenvalue weighted by molar-refractivity contribution is 0.00578. The minimum atomic E-state index is -1.52. The van der Waals surface area contributed by atoms with Crippen LogP contribution in [0.25, 0.3) is 0 Å². The van der Waals surface area contributed by atoms with Crippen molar-refractivity contribution in [3.63, 3.8) is 0 Å². The van der Waals surface area contributed by atoms with Crippen LogP contribution in [0, 0.1) is 0 Å². The van der Waals surface area contributed by atoms with Gasteiger partial charge in [-0.3, -0.25) is 0 Å². The molecular weight excluding hydrogens is 509 g/mol. The maximum Gasteiger partial charge on any atom is 0.511 e. The average Bonchev–Trinajstić information content (AvgIpc) is 3.37. The SMILES string of the molecule is CC1(C)OB(B2OC(C)(C)C(C)(C)O2)OC1(C)C.CN1N=CC(Br)N1.Cn1ncc(B(O)O)n1. The van der Waals surface area contributed by atoms with Crippen molar-refractivity contribution in [3.8, 4) is 0 Å². The molecule has 3 aliphatic rings. The smallest absolute Gasteiger partial charge is 0.422 e. The van der Waals surface area contributed by atoms with Gasteiger partial charge in [-0.25, -0.2) is 5.12 Å². The molecule has 3 aliphatic heterocycles. The Morgan fingerprint density at radius 3 is 1.50 bits per heavy atom. The van der Waals surface area contributed by atoms with E-state index in [1.807, 2.05) is 62.4 Å². The van der Waals surface area contributed by atoms with Crippen molar-refractivity contribution in [3.05, 3.63) is 6.20 Å². The minimum Gasteiger partial charge on any atom is -0.422 e. The zero-order valence-corrected chi connectivity index (χ0v) is 23.2. The molecule has 1 atom stereocenters. The number of hydrogen-bond donors (Lipinski definition) is 3. The molecule has 0 spiro atoms. The van der Waals surface area contributed by atoms with E-state index in [0.29, 0.717) is 0 Å². The summed E-state index contributed by atoms with van der Waals surface area (Å²) in [5.74, 6) is 0. The molecule has 0 aromatic carbocycles. The van der Waals surface area contributed by atoms with Crippen LogP contribution < -0.4 is 11.0 Å². The molecule has 0 bridgehead atoms. The molecule has 190 valence electrons. The standard InChI is InChI=1S/C12H24B2O4.C3H6BN3O2.C3H6BrN3/c1-9(2)10(3,4)16-13(15-9)14-17-11(5,6)12(7,8)18-14;1-7-5-2-3(6-7)4(8)9;1-7-5-2-3(4)6-7/h1-8H3;2,8-9H,1H3;2-3,6H,1H3. The van der Waals surface area contributed by atoms with Gasteiger partial charge in [0, 0.05) is 14.1 Å². The van der Waals surface area contributed by atoms with Crippen LogP contribution in [0.1, 0.15) is 55.4 Å². The number of nitrogens with zero attached hydrogens (tertiary/aromatic N) is 5. The third kappa shape index (κ3) is 7.03. The first-order valence-corrected chi connectivity index (χ1v) is 11.9. The van der Waals surface area contributed by atoms with E-state index in [1.54, 1.807) is 18.4 Å². The van der Waals surface area contributed by atoms with Gasteiger partial charge in [0.15, 0.2) is 0 Å². The zero-order chi connectivity index (χ0) is 26.1. The van der Waals surface area contributed by atoms with Crippen molar-refractivity contribution in [2.45, 2.75) is 82.7 Å². The molecule has 0 radical (unpaired) electrons. The molecule has 3 N–H and O–H groups in total. The number of aromatic nitrogens is 3. The third-order valence-electron chi connectivity index (χ3n) is 6.33. The fourth-order valence-corrected chi connectivity index (χ4v) is 3.29. The van der Waals surface area contributed by atoms with Gasteiger partial charge < -0.3 is 28.7 Å². The summed E-state index contributed by atoms with van der Waals surface area (Å²) >= 11 is 3.28. The summed E-state index contributed by atoms with van der Waals surface area (Å²) in [7, 11) is 0.981. The Morgan fingerprint density at radius 2 is 1.32 bits per heavy atom. The first kappa shape index (κ1) is 29.2. The van der Waals surface area contributed by atoms with Crippen LogP contribution in [0.15, 0.2) is 11.3 Å². The molecule has 2 fully saturated rings. The van der Waals surface area contributed by atoms with E-state index in [0.717, 1.165) is 0 Å². The van der Waals surface area contributed by atoms with E-state index in [1.165, 1.54) is 11.0 Å². The predicted molar refractivity (Wildman–Crippen MR) is 135 cm³/mol. The van der Waals surface area contributed by atoms with Crippen LogP contribution >= 0.6 is 15.9 Å². The quantitative estimate of drug-likeness (QED) is 0.263. The number of halogens is 1. The Morgan fingerprint density at radius 1 is 0.912 bits per heavy atom. The average molecular weight is 545 g/mol. The maximum absolute atomic E-state index is 8.48. The Hall–Kier alpha value is -0.995. The molecule has 1 unspecified atom stereocenters. The molecule has 16 heteroatoms. The monoisotopic (exact) mass is 544 g/mol. The van der Waals surface area contributed by atoms with E-state index in [-0.39, 0.29) is 32.9 Å². The second kappa shape index (κ2) is 10.5. The molecule has 0 saturated carbocycles. The van der Waals surface area contributed by atoms with Crippen molar-refractivity contribution >= 4 is 48.9 Å². The molecule has 4 rings (SSSR count). The number of hydrazone groups is 1. The first-order valence-electron chi connectivity index (χ1n) is 11.0. The summed E-state index contributed by atoms with van der Waals surface area (Å²) < 4.78 is 23.8. The van der Waals surface area contributed by atoms with Gasteiger partial charge in [0.05, 0.1) is 34.8 Å². The van der Waals surface area contributed by atoms with E-state index in [9.17, 15) is 0 Å². The molecule has 0 aliphatic carbocycles. The van der Waals surface area contributed by atoms with E-state index < -0.39 is 21.1 Å². The lowest BCUT2D eigenvalue weighted by atomic mass is 9.49. The maximum atomic E-state index is 8.48. The van der Waals surface area contributed by atoms with E-state index in [4.69, 9.17) is 28.7 Å². The second-order valence-corrected chi connectivity index (χ2v) is 11.2. The fourth-order valence-electron chi connectivity index (χ4n) is 2.88. The van der Waals surface area contributed by atoms with Crippen LogP contribution in [0.2, 0.25) is 0 Å². The first-order chi connectivity index (χ1) is 15.4. The van der Waals surface area contributed by atoms with Crippen LogP contribution in [-0.2, 0) is 25.7 Å². The molecule has 12 nitrogen and oxygen atoms in total. The number of alkyl halides is 1. The lowest BCUT2D eigenvalue weighted by Gasteiger charge is -2.32. The molecular formula is C18H36B3BrN6O6. The Labute approximate surface area is 211 Å². The van der Waals surface area contributed by atoms with Crippen LogP contribution in [0.3, 0.4) is 0 Å². The summed E-state index contributed by atoms with van der Waals surface area (Å²) in [6.45, 7) is 16.2. The second-order valence-electron chi connectivity index (χ2n) is 10.2. The Bertz CT molecular complexity index is 780. The van der Waals surface area contributed by atoms with Gasteiger partial charge in [0.25, 0.3) is 0 Å². The van der Waals surface area contributed by atoms with Crippen LogP contribution in [0.4, 0.5) is 0 Å². The minimum absolute atomic E-state index is 0.164. The summed E-state index contributed by atoms with van der Waals surface area (Å²) in [5, 5.41) is 29.7. The van der Waals surface area contributed by atoms with E-state index in [2.05, 4.69) is 36.7 Å². The van der Waals surface area contributed by atoms with Crippen molar-refractivity contribution in [2.24, 2.45) is 12.1 Å². The van der Waals surface area contributed by atoms with Gasteiger partial charge in [0.1, 0.15) is 10.5 Å². The molecule has 34 heavy (non-hydrogen) atoms. The summed E-state index contributed by atoms with van der Waals surface area (Å²) in [6.07, 6.45) is 3.07.